The lowest BCUT2D eigenvalue weighted by atomic mass is 9.72. The molecular formula is C26H54O6. The van der Waals surface area contributed by atoms with Gasteiger partial charge in [-0.15, -0.1) is 0 Å². The minimum Gasteiger partial charge on any atom is -0.393 e. The fourth-order valence-electron chi connectivity index (χ4n) is 4.92. The van der Waals surface area contributed by atoms with Gasteiger partial charge in [-0.05, 0) is 38.5 Å². The molecule has 0 aromatic heterocycles. The highest BCUT2D eigenvalue weighted by atomic mass is 16.4. The van der Waals surface area contributed by atoms with Gasteiger partial charge in [0.25, 0.3) is 0 Å². The Balaban J connectivity index is 4.99. The zero-order chi connectivity index (χ0) is 24.7. The highest BCUT2D eigenvalue weighted by Crippen LogP contribution is 2.38. The summed E-state index contributed by atoms with van der Waals surface area (Å²) in [5, 5.41) is 64.3. The molecule has 32 heavy (non-hydrogen) atoms. The largest absolute Gasteiger partial charge is 0.393 e. The van der Waals surface area contributed by atoms with E-state index in [2.05, 4.69) is 13.8 Å². The SMILES string of the molecule is CCCCCCC(O)(CC)C(O)(CO)CCCCC(O)(CO)C(O)(CC)CCCCCC. The predicted molar refractivity (Wildman–Crippen MR) is 131 cm³/mol. The van der Waals surface area contributed by atoms with E-state index in [9.17, 15) is 30.6 Å². The average Bonchev–Trinajstić information content (AvgIpc) is 2.81. The maximum Gasteiger partial charge on any atom is 0.116 e. The minimum atomic E-state index is -1.60. The Bertz CT molecular complexity index is 433. The van der Waals surface area contributed by atoms with Gasteiger partial charge in [0.15, 0.2) is 0 Å². The fraction of sp³-hybridized carbons (Fsp3) is 1.00. The highest BCUT2D eigenvalue weighted by molar-refractivity contribution is 5.01. The van der Waals surface area contributed by atoms with Crippen molar-refractivity contribution in [3.63, 3.8) is 0 Å². The zero-order valence-corrected chi connectivity index (χ0v) is 21.4. The van der Waals surface area contributed by atoms with Crippen LogP contribution in [-0.4, -0.2) is 66.3 Å². The van der Waals surface area contributed by atoms with Crippen LogP contribution in [0.15, 0.2) is 0 Å². The second kappa shape index (κ2) is 15.6. The van der Waals surface area contributed by atoms with Crippen LogP contribution in [0.2, 0.25) is 0 Å². The first-order valence-corrected chi connectivity index (χ1v) is 13.2. The summed E-state index contributed by atoms with van der Waals surface area (Å²) in [4.78, 5) is 0. The van der Waals surface area contributed by atoms with Gasteiger partial charge in [-0.3, -0.25) is 0 Å². The zero-order valence-electron chi connectivity index (χ0n) is 21.4. The quantitative estimate of drug-likeness (QED) is 0.142. The fourth-order valence-corrected chi connectivity index (χ4v) is 4.92. The molecule has 6 nitrogen and oxygen atoms in total. The topological polar surface area (TPSA) is 121 Å². The van der Waals surface area contributed by atoms with Crippen molar-refractivity contribution >= 4 is 0 Å². The number of rotatable bonds is 21. The predicted octanol–water partition coefficient (Wildman–Crippen LogP) is 4.22. The van der Waals surface area contributed by atoms with Gasteiger partial charge in [0, 0.05) is 0 Å². The average molecular weight is 463 g/mol. The molecule has 0 aromatic rings. The smallest absolute Gasteiger partial charge is 0.116 e. The van der Waals surface area contributed by atoms with Crippen molar-refractivity contribution in [3.8, 4) is 0 Å². The maximum atomic E-state index is 11.1. The van der Waals surface area contributed by atoms with Gasteiger partial charge in [0.2, 0.25) is 0 Å². The van der Waals surface area contributed by atoms with Gasteiger partial charge >= 0.3 is 0 Å². The maximum absolute atomic E-state index is 11.1. The molecule has 0 aliphatic rings. The number of unbranched alkanes of at least 4 members (excludes halogenated alkanes) is 7. The molecule has 4 atom stereocenters. The molecule has 0 rings (SSSR count). The Labute approximate surface area is 197 Å². The van der Waals surface area contributed by atoms with Crippen LogP contribution in [0.25, 0.3) is 0 Å². The van der Waals surface area contributed by atoms with Crippen molar-refractivity contribution < 1.29 is 30.6 Å². The van der Waals surface area contributed by atoms with E-state index in [1.807, 2.05) is 13.8 Å². The van der Waals surface area contributed by atoms with Gasteiger partial charge < -0.3 is 30.6 Å². The molecule has 0 aliphatic heterocycles. The molecule has 0 radical (unpaired) electrons. The van der Waals surface area contributed by atoms with Crippen molar-refractivity contribution in [1.29, 1.82) is 0 Å². The van der Waals surface area contributed by atoms with Gasteiger partial charge in [-0.25, -0.2) is 0 Å². The standard InChI is InChI=1S/C26H54O6/c1-5-9-11-13-17-23(29,7-3)25(31,21-27)19-15-16-20-26(32,22-28)24(30,8-4)18-14-12-10-6-2/h27-32H,5-22H2,1-4H3. The third-order valence-electron chi connectivity index (χ3n) is 7.74. The van der Waals surface area contributed by atoms with Crippen LogP contribution in [0.4, 0.5) is 0 Å². The van der Waals surface area contributed by atoms with Crippen molar-refractivity contribution in [2.24, 2.45) is 0 Å². The van der Waals surface area contributed by atoms with Crippen molar-refractivity contribution in [3.05, 3.63) is 0 Å². The summed E-state index contributed by atoms with van der Waals surface area (Å²) in [5.74, 6) is 0. The summed E-state index contributed by atoms with van der Waals surface area (Å²) in [7, 11) is 0. The Morgan fingerprint density at radius 3 is 0.938 bits per heavy atom. The molecule has 6 N–H and O–H groups in total. The van der Waals surface area contributed by atoms with Crippen LogP contribution in [0, 0.1) is 0 Å². The summed E-state index contributed by atoms with van der Waals surface area (Å²) in [6.45, 7) is 6.84. The monoisotopic (exact) mass is 462 g/mol. The molecular weight excluding hydrogens is 408 g/mol. The lowest BCUT2D eigenvalue weighted by Crippen LogP contribution is -2.57. The molecule has 194 valence electrons. The first-order chi connectivity index (χ1) is 15.1. The first-order valence-electron chi connectivity index (χ1n) is 13.2. The van der Waals surface area contributed by atoms with E-state index in [-0.39, 0.29) is 12.8 Å². The second-order valence-electron chi connectivity index (χ2n) is 9.98. The Morgan fingerprint density at radius 1 is 0.406 bits per heavy atom. The Kier molecular flexibility index (Phi) is 15.5. The number of aliphatic hydroxyl groups excluding tert-OH is 2. The van der Waals surface area contributed by atoms with Crippen LogP contribution in [0.5, 0.6) is 0 Å². The third-order valence-corrected chi connectivity index (χ3v) is 7.74. The molecule has 0 amide bonds. The normalized spacial score (nSPS) is 19.7. The van der Waals surface area contributed by atoms with Gasteiger partial charge in [-0.1, -0.05) is 91.9 Å². The summed E-state index contributed by atoms with van der Waals surface area (Å²) in [5.41, 5.74) is -5.92. The molecule has 0 spiro atoms. The lowest BCUT2D eigenvalue weighted by Gasteiger charge is -2.44. The molecule has 6 heteroatoms. The van der Waals surface area contributed by atoms with Crippen molar-refractivity contribution in [2.45, 2.75) is 153 Å². The van der Waals surface area contributed by atoms with E-state index in [4.69, 9.17) is 0 Å². The summed E-state index contributed by atoms with van der Waals surface area (Å²) in [6.07, 6.45) is 10.8. The first kappa shape index (κ1) is 31.8. The summed E-state index contributed by atoms with van der Waals surface area (Å²) >= 11 is 0. The third kappa shape index (κ3) is 8.84. The van der Waals surface area contributed by atoms with Crippen LogP contribution in [0.3, 0.4) is 0 Å². The van der Waals surface area contributed by atoms with E-state index in [0.29, 0.717) is 38.5 Å². The molecule has 0 fully saturated rings. The number of hydrogen-bond donors (Lipinski definition) is 6. The molecule has 0 bridgehead atoms. The van der Waals surface area contributed by atoms with E-state index >= 15 is 0 Å². The van der Waals surface area contributed by atoms with E-state index in [0.717, 1.165) is 51.4 Å². The molecule has 0 heterocycles. The molecule has 0 aliphatic carbocycles. The summed E-state index contributed by atoms with van der Waals surface area (Å²) in [6, 6.07) is 0. The highest BCUT2D eigenvalue weighted by Gasteiger charge is 2.48. The number of hydrogen-bond acceptors (Lipinski definition) is 6. The Morgan fingerprint density at radius 2 is 0.688 bits per heavy atom. The van der Waals surface area contributed by atoms with E-state index < -0.39 is 35.6 Å². The molecule has 0 saturated carbocycles. The van der Waals surface area contributed by atoms with Crippen molar-refractivity contribution in [2.75, 3.05) is 13.2 Å². The summed E-state index contributed by atoms with van der Waals surface area (Å²) < 4.78 is 0. The molecule has 0 aromatic carbocycles. The minimum absolute atomic E-state index is 0.199. The number of aliphatic hydroxyl groups is 6. The van der Waals surface area contributed by atoms with Gasteiger partial charge in [0.1, 0.15) is 11.2 Å². The van der Waals surface area contributed by atoms with Gasteiger partial charge in [-0.2, -0.15) is 0 Å². The van der Waals surface area contributed by atoms with E-state index in [1.54, 1.807) is 0 Å². The molecule has 0 saturated heterocycles. The van der Waals surface area contributed by atoms with Crippen LogP contribution in [-0.2, 0) is 0 Å². The van der Waals surface area contributed by atoms with Crippen LogP contribution in [0.1, 0.15) is 130 Å². The molecule has 4 unspecified atom stereocenters. The Hall–Kier alpha value is -0.240. The lowest BCUT2D eigenvalue weighted by molar-refractivity contribution is -0.188. The second-order valence-corrected chi connectivity index (χ2v) is 9.98. The van der Waals surface area contributed by atoms with Crippen LogP contribution < -0.4 is 0 Å². The van der Waals surface area contributed by atoms with Crippen molar-refractivity contribution in [1.82, 2.24) is 0 Å². The van der Waals surface area contributed by atoms with E-state index in [1.165, 1.54) is 0 Å². The van der Waals surface area contributed by atoms with Crippen LogP contribution >= 0.6 is 0 Å². The van der Waals surface area contributed by atoms with Gasteiger partial charge in [0.05, 0.1) is 24.4 Å².